The fourth-order valence-corrected chi connectivity index (χ4v) is 2.91. The number of nitrogens with one attached hydrogen (secondary N) is 1. The summed E-state index contributed by atoms with van der Waals surface area (Å²) in [5.74, 6) is 0. The third kappa shape index (κ3) is 3.59. The summed E-state index contributed by atoms with van der Waals surface area (Å²) in [6.45, 7) is 4.98. The standard InChI is InChI=1S/C12H25N3.ClH/c1-14-9-5-12(6-10-14)15(2)11-3-7-13-8-4-11;/h11-13H,3-10H2,1-2H3;1H. The molecule has 3 nitrogen and oxygen atoms in total. The van der Waals surface area contributed by atoms with Gasteiger partial charge < -0.3 is 15.1 Å². The molecule has 2 rings (SSSR count). The van der Waals surface area contributed by atoms with Crippen LogP contribution in [0.15, 0.2) is 0 Å². The van der Waals surface area contributed by atoms with Gasteiger partial charge in [0.2, 0.25) is 0 Å². The van der Waals surface area contributed by atoms with Crippen molar-refractivity contribution in [1.29, 1.82) is 0 Å². The molecule has 2 saturated heterocycles. The van der Waals surface area contributed by atoms with E-state index in [0.717, 1.165) is 12.1 Å². The Morgan fingerprint density at radius 3 is 2.06 bits per heavy atom. The van der Waals surface area contributed by atoms with Gasteiger partial charge in [0.05, 0.1) is 0 Å². The summed E-state index contributed by atoms with van der Waals surface area (Å²) in [4.78, 5) is 5.11. The minimum absolute atomic E-state index is 0. The second-order valence-corrected chi connectivity index (χ2v) is 5.18. The third-order valence-electron chi connectivity index (χ3n) is 4.15. The van der Waals surface area contributed by atoms with Gasteiger partial charge in [0.15, 0.2) is 0 Å². The molecule has 0 aromatic carbocycles. The van der Waals surface area contributed by atoms with Crippen LogP contribution >= 0.6 is 12.4 Å². The van der Waals surface area contributed by atoms with Crippen LogP contribution in [0.5, 0.6) is 0 Å². The number of halogens is 1. The Morgan fingerprint density at radius 1 is 1.00 bits per heavy atom. The molecule has 0 aromatic heterocycles. The van der Waals surface area contributed by atoms with Gasteiger partial charge in [-0.3, -0.25) is 0 Å². The van der Waals surface area contributed by atoms with Crippen molar-refractivity contribution < 1.29 is 0 Å². The first-order chi connectivity index (χ1) is 7.27. The van der Waals surface area contributed by atoms with Crippen LogP contribution in [-0.4, -0.2) is 62.2 Å². The van der Waals surface area contributed by atoms with E-state index in [1.807, 2.05) is 0 Å². The minimum Gasteiger partial charge on any atom is -0.317 e. The molecule has 0 spiro atoms. The molecule has 4 heteroatoms. The summed E-state index contributed by atoms with van der Waals surface area (Å²) < 4.78 is 0. The van der Waals surface area contributed by atoms with Crippen molar-refractivity contribution in [2.75, 3.05) is 40.3 Å². The average molecular weight is 248 g/mol. The van der Waals surface area contributed by atoms with Gasteiger partial charge in [-0.1, -0.05) is 0 Å². The maximum atomic E-state index is 3.44. The molecule has 0 aliphatic carbocycles. The lowest BCUT2D eigenvalue weighted by Gasteiger charge is -2.41. The van der Waals surface area contributed by atoms with E-state index in [0.29, 0.717) is 0 Å². The molecule has 0 amide bonds. The van der Waals surface area contributed by atoms with Crippen molar-refractivity contribution in [2.24, 2.45) is 0 Å². The summed E-state index contributed by atoms with van der Waals surface area (Å²) in [5.41, 5.74) is 0. The van der Waals surface area contributed by atoms with E-state index < -0.39 is 0 Å². The zero-order chi connectivity index (χ0) is 10.7. The Hall–Kier alpha value is 0.170. The van der Waals surface area contributed by atoms with E-state index >= 15 is 0 Å². The molecular formula is C12H26ClN3. The zero-order valence-electron chi connectivity index (χ0n) is 10.6. The van der Waals surface area contributed by atoms with Crippen LogP contribution in [0.4, 0.5) is 0 Å². The van der Waals surface area contributed by atoms with E-state index in [1.165, 1.54) is 51.9 Å². The first-order valence-electron chi connectivity index (χ1n) is 6.38. The summed E-state index contributed by atoms with van der Waals surface area (Å²) in [5, 5.41) is 3.44. The van der Waals surface area contributed by atoms with E-state index in [1.54, 1.807) is 0 Å². The van der Waals surface area contributed by atoms with E-state index in [-0.39, 0.29) is 12.4 Å². The maximum absolute atomic E-state index is 3.44. The molecule has 0 bridgehead atoms. The maximum Gasteiger partial charge on any atom is 0.0119 e. The van der Waals surface area contributed by atoms with Crippen molar-refractivity contribution in [2.45, 2.75) is 37.8 Å². The Labute approximate surface area is 106 Å². The predicted molar refractivity (Wildman–Crippen MR) is 71.4 cm³/mol. The molecule has 0 radical (unpaired) electrons. The van der Waals surface area contributed by atoms with Crippen molar-refractivity contribution in [3.8, 4) is 0 Å². The SMILES string of the molecule is CN1CCC(N(C)C2CCNCC2)CC1.Cl. The molecule has 0 saturated carbocycles. The molecule has 2 heterocycles. The van der Waals surface area contributed by atoms with Crippen LogP contribution in [0.3, 0.4) is 0 Å². The van der Waals surface area contributed by atoms with Crippen LogP contribution in [0.2, 0.25) is 0 Å². The summed E-state index contributed by atoms with van der Waals surface area (Å²) >= 11 is 0. The van der Waals surface area contributed by atoms with Crippen LogP contribution in [-0.2, 0) is 0 Å². The molecular weight excluding hydrogens is 222 g/mol. The van der Waals surface area contributed by atoms with Gasteiger partial charge in [0.25, 0.3) is 0 Å². The molecule has 2 fully saturated rings. The Morgan fingerprint density at radius 2 is 1.50 bits per heavy atom. The second kappa shape index (κ2) is 6.80. The fourth-order valence-electron chi connectivity index (χ4n) is 2.91. The first-order valence-corrected chi connectivity index (χ1v) is 6.38. The van der Waals surface area contributed by atoms with E-state index in [4.69, 9.17) is 0 Å². The lowest BCUT2D eigenvalue weighted by atomic mass is 9.98. The quantitative estimate of drug-likeness (QED) is 0.791. The number of hydrogen-bond acceptors (Lipinski definition) is 3. The largest absolute Gasteiger partial charge is 0.317 e. The molecule has 2 aliphatic rings. The average Bonchev–Trinajstić information content (AvgIpc) is 2.30. The van der Waals surface area contributed by atoms with Crippen LogP contribution in [0.1, 0.15) is 25.7 Å². The Kier molecular flexibility index (Phi) is 6.05. The van der Waals surface area contributed by atoms with Crippen molar-refractivity contribution in [3.63, 3.8) is 0 Å². The number of nitrogens with zero attached hydrogens (tertiary/aromatic N) is 2. The van der Waals surface area contributed by atoms with Crippen LogP contribution in [0.25, 0.3) is 0 Å². The highest BCUT2D eigenvalue weighted by atomic mass is 35.5. The minimum atomic E-state index is 0. The van der Waals surface area contributed by atoms with Gasteiger partial charge in [-0.25, -0.2) is 0 Å². The molecule has 2 aliphatic heterocycles. The highest BCUT2D eigenvalue weighted by Gasteiger charge is 2.26. The van der Waals surface area contributed by atoms with Gasteiger partial charge in [-0.05, 0) is 66.0 Å². The zero-order valence-corrected chi connectivity index (χ0v) is 11.4. The first kappa shape index (κ1) is 14.2. The van der Waals surface area contributed by atoms with Crippen molar-refractivity contribution >= 4 is 12.4 Å². The van der Waals surface area contributed by atoms with E-state index in [2.05, 4.69) is 29.2 Å². The lowest BCUT2D eigenvalue weighted by molar-refractivity contribution is 0.0916. The summed E-state index contributed by atoms with van der Waals surface area (Å²) in [6.07, 6.45) is 5.39. The second-order valence-electron chi connectivity index (χ2n) is 5.18. The Balaban J connectivity index is 0.00000128. The molecule has 0 aromatic rings. The van der Waals surface area contributed by atoms with Gasteiger partial charge >= 0.3 is 0 Å². The van der Waals surface area contributed by atoms with Gasteiger partial charge in [0, 0.05) is 12.1 Å². The fraction of sp³-hybridized carbons (Fsp3) is 1.00. The van der Waals surface area contributed by atoms with Crippen molar-refractivity contribution in [1.82, 2.24) is 15.1 Å². The van der Waals surface area contributed by atoms with Gasteiger partial charge in [-0.15, -0.1) is 12.4 Å². The normalized spacial score (nSPS) is 25.7. The Bertz CT molecular complexity index is 187. The van der Waals surface area contributed by atoms with Crippen LogP contribution in [0, 0.1) is 0 Å². The highest BCUT2D eigenvalue weighted by molar-refractivity contribution is 5.85. The number of hydrogen-bond donors (Lipinski definition) is 1. The summed E-state index contributed by atoms with van der Waals surface area (Å²) in [7, 11) is 4.58. The molecule has 1 N–H and O–H groups in total. The van der Waals surface area contributed by atoms with E-state index in [9.17, 15) is 0 Å². The monoisotopic (exact) mass is 247 g/mol. The molecule has 0 atom stereocenters. The smallest absolute Gasteiger partial charge is 0.0119 e. The number of rotatable bonds is 2. The summed E-state index contributed by atoms with van der Waals surface area (Å²) in [6, 6.07) is 1.67. The van der Waals surface area contributed by atoms with Gasteiger partial charge in [0.1, 0.15) is 0 Å². The third-order valence-corrected chi connectivity index (χ3v) is 4.15. The van der Waals surface area contributed by atoms with Crippen molar-refractivity contribution in [3.05, 3.63) is 0 Å². The van der Waals surface area contributed by atoms with Crippen LogP contribution < -0.4 is 5.32 Å². The topological polar surface area (TPSA) is 18.5 Å². The highest BCUT2D eigenvalue weighted by Crippen LogP contribution is 2.20. The number of likely N-dealkylation sites (tertiary alicyclic amines) is 1. The molecule has 16 heavy (non-hydrogen) atoms. The molecule has 0 unspecified atom stereocenters. The lowest BCUT2D eigenvalue weighted by Crippen LogP contribution is -2.49. The number of piperidine rings is 2. The molecule has 96 valence electrons. The van der Waals surface area contributed by atoms with Gasteiger partial charge in [-0.2, -0.15) is 0 Å². The predicted octanol–water partition coefficient (Wildman–Crippen LogP) is 1.19.